The quantitative estimate of drug-likeness (QED) is 0.770. The lowest BCUT2D eigenvalue weighted by atomic mass is 10.00. The van der Waals surface area contributed by atoms with Crippen LogP contribution in [-0.4, -0.2) is 22.8 Å². The van der Waals surface area contributed by atoms with Crippen molar-refractivity contribution in [1.29, 1.82) is 0 Å². The predicted octanol–water partition coefficient (Wildman–Crippen LogP) is 1.48. The van der Waals surface area contributed by atoms with E-state index in [1.54, 1.807) is 6.92 Å². The van der Waals surface area contributed by atoms with E-state index in [1.807, 2.05) is 24.3 Å². The maximum absolute atomic E-state index is 10.6. The average Bonchev–Trinajstić information content (AvgIpc) is 2.21. The van der Waals surface area contributed by atoms with E-state index in [1.165, 1.54) is 0 Å². The normalized spacial score (nSPS) is 12.4. The highest BCUT2D eigenvalue weighted by Gasteiger charge is 2.10. The van der Waals surface area contributed by atoms with Crippen molar-refractivity contribution in [3.63, 3.8) is 0 Å². The zero-order valence-corrected chi connectivity index (χ0v) is 8.81. The molecule has 0 aliphatic rings. The van der Waals surface area contributed by atoms with E-state index in [2.05, 4.69) is 0 Å². The van der Waals surface area contributed by atoms with Crippen LogP contribution in [0.2, 0.25) is 0 Å². The van der Waals surface area contributed by atoms with Gasteiger partial charge in [-0.15, -0.1) is 0 Å². The minimum Gasteiger partial charge on any atom is -0.481 e. The maximum atomic E-state index is 10.6. The third-order valence-corrected chi connectivity index (χ3v) is 2.39. The van der Waals surface area contributed by atoms with Gasteiger partial charge in [0, 0.05) is 6.61 Å². The summed E-state index contributed by atoms with van der Waals surface area (Å²) in [7, 11) is 0. The third kappa shape index (κ3) is 3.72. The van der Waals surface area contributed by atoms with Crippen LogP contribution < -0.4 is 0 Å². The van der Waals surface area contributed by atoms with Crippen LogP contribution in [0.5, 0.6) is 0 Å². The molecule has 0 saturated carbocycles. The van der Waals surface area contributed by atoms with Crippen molar-refractivity contribution in [2.24, 2.45) is 5.92 Å². The van der Waals surface area contributed by atoms with Gasteiger partial charge in [0.05, 0.1) is 5.92 Å². The van der Waals surface area contributed by atoms with Gasteiger partial charge in [0.1, 0.15) is 0 Å². The summed E-state index contributed by atoms with van der Waals surface area (Å²) in [4.78, 5) is 10.6. The molecule has 0 fully saturated rings. The number of carbonyl (C=O) groups is 1. The van der Waals surface area contributed by atoms with Gasteiger partial charge in [-0.3, -0.25) is 4.79 Å². The molecule has 1 rings (SSSR count). The summed E-state index contributed by atoms with van der Waals surface area (Å²) in [5.41, 5.74) is 2.09. The Labute approximate surface area is 89.4 Å². The first-order chi connectivity index (χ1) is 7.13. The first-order valence-corrected chi connectivity index (χ1v) is 5.05. The molecule has 3 nitrogen and oxygen atoms in total. The highest BCUT2D eigenvalue weighted by atomic mass is 16.4. The Morgan fingerprint density at radius 2 is 1.80 bits per heavy atom. The molecular formula is C12H16O3. The Balaban J connectivity index is 2.60. The van der Waals surface area contributed by atoms with Gasteiger partial charge in [0.25, 0.3) is 0 Å². The molecule has 0 saturated heterocycles. The van der Waals surface area contributed by atoms with Crippen molar-refractivity contribution in [1.82, 2.24) is 0 Å². The van der Waals surface area contributed by atoms with Crippen LogP contribution in [-0.2, 0) is 17.6 Å². The van der Waals surface area contributed by atoms with Gasteiger partial charge in [-0.1, -0.05) is 31.2 Å². The second kappa shape index (κ2) is 5.51. The number of aliphatic carboxylic acids is 1. The molecule has 0 heterocycles. The standard InChI is InChI=1S/C12H16O3/c1-9(12(14)15)8-11-4-2-10(3-5-11)6-7-13/h2-5,9,13H,6-8H2,1H3,(H,14,15)/t9-/m0/s1. The molecule has 3 heteroatoms. The Bertz CT molecular complexity index is 316. The molecule has 0 bridgehead atoms. The van der Waals surface area contributed by atoms with Crippen LogP contribution >= 0.6 is 0 Å². The number of aliphatic hydroxyl groups excluding tert-OH is 1. The number of carboxylic acid groups (broad SMARTS) is 1. The van der Waals surface area contributed by atoms with E-state index in [0.717, 1.165) is 11.1 Å². The van der Waals surface area contributed by atoms with Gasteiger partial charge < -0.3 is 10.2 Å². The van der Waals surface area contributed by atoms with E-state index in [9.17, 15) is 4.79 Å². The van der Waals surface area contributed by atoms with E-state index in [-0.39, 0.29) is 12.5 Å². The van der Waals surface area contributed by atoms with Gasteiger partial charge in [-0.05, 0) is 24.0 Å². The summed E-state index contributed by atoms with van der Waals surface area (Å²) < 4.78 is 0. The molecule has 15 heavy (non-hydrogen) atoms. The second-order valence-electron chi connectivity index (χ2n) is 3.73. The minimum absolute atomic E-state index is 0.144. The summed E-state index contributed by atoms with van der Waals surface area (Å²) in [5, 5.41) is 17.5. The first kappa shape index (κ1) is 11.7. The van der Waals surface area contributed by atoms with Crippen LogP contribution in [0.15, 0.2) is 24.3 Å². The number of hydrogen-bond donors (Lipinski definition) is 2. The van der Waals surface area contributed by atoms with Gasteiger partial charge in [-0.25, -0.2) is 0 Å². The number of aliphatic hydroxyl groups is 1. The lowest BCUT2D eigenvalue weighted by molar-refractivity contribution is -0.141. The van der Waals surface area contributed by atoms with Crippen molar-refractivity contribution in [2.45, 2.75) is 19.8 Å². The molecule has 2 N–H and O–H groups in total. The van der Waals surface area contributed by atoms with E-state index in [4.69, 9.17) is 10.2 Å². The summed E-state index contributed by atoms with van der Waals surface area (Å²) in [6, 6.07) is 7.70. The van der Waals surface area contributed by atoms with Gasteiger partial charge >= 0.3 is 5.97 Å². The molecule has 1 atom stereocenters. The summed E-state index contributed by atoms with van der Waals surface area (Å²) in [6.45, 7) is 1.84. The Kier molecular flexibility index (Phi) is 4.31. The first-order valence-electron chi connectivity index (χ1n) is 5.05. The van der Waals surface area contributed by atoms with E-state index >= 15 is 0 Å². The minimum atomic E-state index is -0.769. The van der Waals surface area contributed by atoms with Gasteiger partial charge in [0.2, 0.25) is 0 Å². The summed E-state index contributed by atoms with van der Waals surface area (Å²) >= 11 is 0. The molecule has 0 spiro atoms. The Morgan fingerprint density at radius 3 is 2.27 bits per heavy atom. The van der Waals surface area contributed by atoms with Crippen molar-refractivity contribution in [3.8, 4) is 0 Å². The summed E-state index contributed by atoms with van der Waals surface area (Å²) in [5.74, 6) is -1.12. The average molecular weight is 208 g/mol. The lowest BCUT2D eigenvalue weighted by Crippen LogP contribution is -2.12. The molecule has 1 aromatic rings. The monoisotopic (exact) mass is 208 g/mol. The van der Waals surface area contributed by atoms with Crippen LogP contribution in [0.4, 0.5) is 0 Å². The fraction of sp³-hybridized carbons (Fsp3) is 0.417. The Morgan fingerprint density at radius 1 is 1.27 bits per heavy atom. The smallest absolute Gasteiger partial charge is 0.306 e. The number of rotatable bonds is 5. The molecule has 0 aliphatic carbocycles. The predicted molar refractivity (Wildman–Crippen MR) is 57.7 cm³/mol. The highest BCUT2D eigenvalue weighted by molar-refractivity contribution is 5.69. The van der Waals surface area contributed by atoms with Crippen molar-refractivity contribution in [3.05, 3.63) is 35.4 Å². The zero-order chi connectivity index (χ0) is 11.3. The molecule has 0 unspecified atom stereocenters. The lowest BCUT2D eigenvalue weighted by Gasteiger charge is -2.06. The molecule has 0 radical (unpaired) electrons. The molecule has 0 aromatic heterocycles. The second-order valence-corrected chi connectivity index (χ2v) is 3.73. The van der Waals surface area contributed by atoms with Gasteiger partial charge in [-0.2, -0.15) is 0 Å². The maximum Gasteiger partial charge on any atom is 0.306 e. The Hall–Kier alpha value is -1.35. The highest BCUT2D eigenvalue weighted by Crippen LogP contribution is 2.10. The number of hydrogen-bond acceptors (Lipinski definition) is 2. The molecule has 82 valence electrons. The third-order valence-electron chi connectivity index (χ3n) is 2.39. The van der Waals surface area contributed by atoms with Crippen molar-refractivity contribution in [2.75, 3.05) is 6.61 Å². The fourth-order valence-corrected chi connectivity index (χ4v) is 1.41. The molecule has 0 amide bonds. The SMILES string of the molecule is C[C@@H](Cc1ccc(CCO)cc1)C(=O)O. The van der Waals surface area contributed by atoms with Crippen molar-refractivity contribution < 1.29 is 15.0 Å². The van der Waals surface area contributed by atoms with Crippen LogP contribution in [0.1, 0.15) is 18.1 Å². The molecule has 0 aliphatic heterocycles. The fourth-order valence-electron chi connectivity index (χ4n) is 1.41. The van der Waals surface area contributed by atoms with Crippen LogP contribution in [0.25, 0.3) is 0 Å². The van der Waals surface area contributed by atoms with E-state index in [0.29, 0.717) is 12.8 Å². The number of benzene rings is 1. The topological polar surface area (TPSA) is 57.5 Å². The van der Waals surface area contributed by atoms with Crippen molar-refractivity contribution >= 4 is 5.97 Å². The van der Waals surface area contributed by atoms with E-state index < -0.39 is 5.97 Å². The summed E-state index contributed by atoms with van der Waals surface area (Å²) in [6.07, 6.45) is 1.20. The van der Waals surface area contributed by atoms with Gasteiger partial charge in [0.15, 0.2) is 0 Å². The number of carboxylic acids is 1. The molecule has 1 aromatic carbocycles. The van der Waals surface area contributed by atoms with Crippen LogP contribution in [0, 0.1) is 5.92 Å². The largest absolute Gasteiger partial charge is 0.481 e. The van der Waals surface area contributed by atoms with Crippen LogP contribution in [0.3, 0.4) is 0 Å². The zero-order valence-electron chi connectivity index (χ0n) is 8.81. The molecular weight excluding hydrogens is 192 g/mol.